The van der Waals surface area contributed by atoms with E-state index in [4.69, 9.17) is 4.74 Å². The standard InChI is InChI=1S/C17H32N4O2/c1-13(2)10-21-6-7-23-15(11-21)8-19-9-16(22)20-17(5,12-18)14(3)4/h13-15,19H,6-11H2,1-5H3,(H,20,22)/t15-,17+/m0/s1. The van der Waals surface area contributed by atoms with Gasteiger partial charge in [0.05, 0.1) is 25.3 Å². The molecule has 6 heteroatoms. The summed E-state index contributed by atoms with van der Waals surface area (Å²) < 4.78 is 5.74. The monoisotopic (exact) mass is 324 g/mol. The van der Waals surface area contributed by atoms with Crippen molar-refractivity contribution in [3.05, 3.63) is 0 Å². The molecular weight excluding hydrogens is 292 g/mol. The topological polar surface area (TPSA) is 77.4 Å². The van der Waals surface area contributed by atoms with E-state index in [0.29, 0.717) is 12.5 Å². The van der Waals surface area contributed by atoms with Crippen LogP contribution < -0.4 is 10.6 Å². The molecule has 0 bridgehead atoms. The molecule has 0 aromatic carbocycles. The van der Waals surface area contributed by atoms with E-state index in [1.54, 1.807) is 6.92 Å². The number of nitrogens with one attached hydrogen (secondary N) is 2. The third-order valence-electron chi connectivity index (χ3n) is 4.29. The van der Waals surface area contributed by atoms with Crippen molar-refractivity contribution in [2.45, 2.75) is 46.3 Å². The van der Waals surface area contributed by atoms with E-state index in [1.807, 2.05) is 13.8 Å². The molecule has 6 nitrogen and oxygen atoms in total. The highest BCUT2D eigenvalue weighted by molar-refractivity contribution is 5.79. The quantitative estimate of drug-likeness (QED) is 0.696. The van der Waals surface area contributed by atoms with Crippen LogP contribution >= 0.6 is 0 Å². The van der Waals surface area contributed by atoms with Crippen molar-refractivity contribution < 1.29 is 9.53 Å². The first-order valence-corrected chi connectivity index (χ1v) is 8.53. The number of ether oxygens (including phenoxy) is 1. The first-order valence-electron chi connectivity index (χ1n) is 8.53. The smallest absolute Gasteiger partial charge is 0.235 e. The lowest BCUT2D eigenvalue weighted by Gasteiger charge is -2.34. The maximum Gasteiger partial charge on any atom is 0.235 e. The Bertz CT molecular complexity index is 419. The van der Waals surface area contributed by atoms with Gasteiger partial charge in [0, 0.05) is 26.2 Å². The number of carbonyl (C=O) groups is 1. The normalized spacial score (nSPS) is 21.9. The number of nitriles is 1. The maximum absolute atomic E-state index is 12.0. The second kappa shape index (κ2) is 9.21. The Morgan fingerprint density at radius 3 is 2.70 bits per heavy atom. The summed E-state index contributed by atoms with van der Waals surface area (Å²) in [5.41, 5.74) is -0.825. The number of carbonyl (C=O) groups excluding carboxylic acids is 1. The Labute approximate surface area is 140 Å². The Morgan fingerprint density at radius 2 is 2.13 bits per heavy atom. The molecule has 23 heavy (non-hydrogen) atoms. The summed E-state index contributed by atoms with van der Waals surface area (Å²) in [6.07, 6.45) is 0.114. The number of nitrogens with zero attached hydrogens (tertiary/aromatic N) is 2. The average Bonchev–Trinajstić information content (AvgIpc) is 2.46. The molecular formula is C17H32N4O2. The average molecular weight is 324 g/mol. The van der Waals surface area contributed by atoms with Gasteiger partial charge in [-0.25, -0.2) is 0 Å². The summed E-state index contributed by atoms with van der Waals surface area (Å²) in [6.45, 7) is 14.6. The van der Waals surface area contributed by atoms with Gasteiger partial charge >= 0.3 is 0 Å². The van der Waals surface area contributed by atoms with Crippen LogP contribution in [-0.4, -0.2) is 61.8 Å². The van der Waals surface area contributed by atoms with Gasteiger partial charge in [0.1, 0.15) is 5.54 Å². The summed E-state index contributed by atoms with van der Waals surface area (Å²) in [4.78, 5) is 14.4. The van der Waals surface area contributed by atoms with Gasteiger partial charge in [-0.15, -0.1) is 0 Å². The molecule has 1 saturated heterocycles. The van der Waals surface area contributed by atoms with Gasteiger partial charge in [0.15, 0.2) is 0 Å². The molecule has 0 aliphatic carbocycles. The molecule has 1 aliphatic heterocycles. The van der Waals surface area contributed by atoms with Crippen molar-refractivity contribution in [2.75, 3.05) is 39.3 Å². The lowest BCUT2D eigenvalue weighted by atomic mass is 9.90. The lowest BCUT2D eigenvalue weighted by molar-refractivity contribution is -0.122. The summed E-state index contributed by atoms with van der Waals surface area (Å²) in [7, 11) is 0. The van der Waals surface area contributed by atoms with Crippen molar-refractivity contribution >= 4 is 5.91 Å². The molecule has 132 valence electrons. The SMILES string of the molecule is CC(C)CN1CCO[C@@H](CNCC(=O)N[C@](C)(C#N)C(C)C)C1. The minimum Gasteiger partial charge on any atom is -0.374 e. The van der Waals surface area contributed by atoms with Crippen molar-refractivity contribution in [2.24, 2.45) is 11.8 Å². The molecule has 0 saturated carbocycles. The Morgan fingerprint density at radius 1 is 1.43 bits per heavy atom. The predicted octanol–water partition coefficient (Wildman–Crippen LogP) is 0.987. The minimum absolute atomic E-state index is 0.0581. The molecule has 0 unspecified atom stereocenters. The summed E-state index contributed by atoms with van der Waals surface area (Å²) in [5.74, 6) is 0.549. The van der Waals surface area contributed by atoms with Crippen molar-refractivity contribution in [3.8, 4) is 6.07 Å². The van der Waals surface area contributed by atoms with Crippen LogP contribution in [0.1, 0.15) is 34.6 Å². The highest BCUT2D eigenvalue weighted by atomic mass is 16.5. The summed E-state index contributed by atoms with van der Waals surface area (Å²) >= 11 is 0. The Balaban J connectivity index is 2.31. The molecule has 0 radical (unpaired) electrons. The molecule has 0 spiro atoms. The van der Waals surface area contributed by atoms with E-state index in [-0.39, 0.29) is 24.5 Å². The van der Waals surface area contributed by atoms with Crippen LogP contribution in [0.2, 0.25) is 0 Å². The summed E-state index contributed by atoms with van der Waals surface area (Å²) in [5, 5.41) is 15.2. The fraction of sp³-hybridized carbons (Fsp3) is 0.882. The molecule has 1 heterocycles. The molecule has 0 aromatic rings. The van der Waals surface area contributed by atoms with Gasteiger partial charge < -0.3 is 15.4 Å². The van der Waals surface area contributed by atoms with E-state index < -0.39 is 5.54 Å². The zero-order chi connectivity index (χ0) is 17.5. The van der Waals surface area contributed by atoms with Crippen LogP contribution in [0, 0.1) is 23.2 Å². The number of hydrogen-bond acceptors (Lipinski definition) is 5. The van der Waals surface area contributed by atoms with Crippen LogP contribution in [0.4, 0.5) is 0 Å². The van der Waals surface area contributed by atoms with Crippen LogP contribution in [0.15, 0.2) is 0 Å². The first-order chi connectivity index (χ1) is 10.8. The van der Waals surface area contributed by atoms with Gasteiger partial charge in [-0.2, -0.15) is 5.26 Å². The van der Waals surface area contributed by atoms with Crippen molar-refractivity contribution in [1.82, 2.24) is 15.5 Å². The molecule has 0 aromatic heterocycles. The van der Waals surface area contributed by atoms with E-state index >= 15 is 0 Å². The largest absolute Gasteiger partial charge is 0.374 e. The van der Waals surface area contributed by atoms with Gasteiger partial charge in [-0.05, 0) is 18.8 Å². The van der Waals surface area contributed by atoms with Gasteiger partial charge in [-0.3, -0.25) is 9.69 Å². The highest BCUT2D eigenvalue weighted by Gasteiger charge is 2.29. The number of rotatable bonds is 8. The van der Waals surface area contributed by atoms with E-state index in [2.05, 4.69) is 35.5 Å². The fourth-order valence-corrected chi connectivity index (χ4v) is 2.57. The predicted molar refractivity (Wildman–Crippen MR) is 90.9 cm³/mol. The molecule has 1 fully saturated rings. The van der Waals surface area contributed by atoms with E-state index in [1.165, 1.54) is 0 Å². The second-order valence-electron chi connectivity index (χ2n) is 7.29. The molecule has 2 atom stereocenters. The lowest BCUT2D eigenvalue weighted by Crippen LogP contribution is -2.52. The zero-order valence-corrected chi connectivity index (χ0v) is 15.2. The third kappa shape index (κ3) is 6.86. The zero-order valence-electron chi connectivity index (χ0n) is 15.2. The van der Waals surface area contributed by atoms with Crippen LogP contribution in [0.5, 0.6) is 0 Å². The molecule has 1 rings (SSSR count). The number of hydrogen-bond donors (Lipinski definition) is 2. The first kappa shape index (κ1) is 19.9. The summed E-state index contributed by atoms with van der Waals surface area (Å²) in [6, 6.07) is 2.18. The van der Waals surface area contributed by atoms with Crippen LogP contribution in [0.3, 0.4) is 0 Å². The van der Waals surface area contributed by atoms with Crippen molar-refractivity contribution in [3.63, 3.8) is 0 Å². The molecule has 2 N–H and O–H groups in total. The van der Waals surface area contributed by atoms with E-state index in [0.717, 1.165) is 26.2 Å². The second-order valence-corrected chi connectivity index (χ2v) is 7.29. The van der Waals surface area contributed by atoms with Gasteiger partial charge in [0.25, 0.3) is 0 Å². The third-order valence-corrected chi connectivity index (χ3v) is 4.29. The highest BCUT2D eigenvalue weighted by Crippen LogP contribution is 2.14. The molecule has 1 amide bonds. The van der Waals surface area contributed by atoms with E-state index in [9.17, 15) is 10.1 Å². The number of amides is 1. The Kier molecular flexibility index (Phi) is 7.97. The van der Waals surface area contributed by atoms with Gasteiger partial charge in [0.2, 0.25) is 5.91 Å². The van der Waals surface area contributed by atoms with Crippen molar-refractivity contribution in [1.29, 1.82) is 5.26 Å². The number of morpholine rings is 1. The maximum atomic E-state index is 12.0. The minimum atomic E-state index is -0.825. The fourth-order valence-electron chi connectivity index (χ4n) is 2.57. The molecule has 1 aliphatic rings. The Hall–Kier alpha value is -1.16. The van der Waals surface area contributed by atoms with Crippen LogP contribution in [-0.2, 0) is 9.53 Å². The van der Waals surface area contributed by atoms with Gasteiger partial charge in [-0.1, -0.05) is 27.7 Å². The van der Waals surface area contributed by atoms with Crippen LogP contribution in [0.25, 0.3) is 0 Å².